The highest BCUT2D eigenvalue weighted by molar-refractivity contribution is 6.30. The average Bonchev–Trinajstić information content (AvgIpc) is 2.59. The molecule has 0 fully saturated rings. The molecule has 2 aromatic carbocycles. The van der Waals surface area contributed by atoms with Gasteiger partial charge in [0.15, 0.2) is 0 Å². The number of benzene rings is 2. The minimum atomic E-state index is 0.184. The van der Waals surface area contributed by atoms with E-state index in [1.165, 1.54) is 5.56 Å². The predicted octanol–water partition coefficient (Wildman–Crippen LogP) is 7.02. The molecule has 0 saturated heterocycles. The molecule has 0 unspecified atom stereocenters. The van der Waals surface area contributed by atoms with Gasteiger partial charge in [0.05, 0.1) is 0 Å². The SMILES string of the molecule is C=Cc1ccccc1C=C.Cc1ccc(Cl)cc1.ClCOCCl. The lowest BCUT2D eigenvalue weighted by molar-refractivity contribution is 0.232. The molecule has 4 heteroatoms. The summed E-state index contributed by atoms with van der Waals surface area (Å²) in [6.45, 7) is 9.42. The van der Waals surface area contributed by atoms with Crippen molar-refractivity contribution in [3.63, 3.8) is 0 Å². The van der Waals surface area contributed by atoms with E-state index in [0.717, 1.165) is 16.1 Å². The smallest absolute Gasteiger partial charge is 0.122 e. The van der Waals surface area contributed by atoms with Crippen LogP contribution in [0.25, 0.3) is 12.2 Å². The highest BCUT2D eigenvalue weighted by Gasteiger charge is 1.89. The first-order valence-electron chi connectivity index (χ1n) is 6.84. The monoisotopic (exact) mass is 370 g/mol. The van der Waals surface area contributed by atoms with Crippen LogP contribution in [0, 0.1) is 6.92 Å². The second kappa shape index (κ2) is 14.3. The molecule has 2 rings (SSSR count). The maximum atomic E-state index is 5.61. The molecule has 0 heterocycles. The number of alkyl halides is 2. The van der Waals surface area contributed by atoms with Gasteiger partial charge in [-0.05, 0) is 30.2 Å². The van der Waals surface area contributed by atoms with E-state index in [0.29, 0.717) is 0 Å². The molecular weight excluding hydrogens is 351 g/mol. The van der Waals surface area contributed by atoms with Gasteiger partial charge in [-0.25, -0.2) is 0 Å². The zero-order chi connectivity index (χ0) is 17.5. The van der Waals surface area contributed by atoms with Crippen LogP contribution in [0.15, 0.2) is 61.7 Å². The van der Waals surface area contributed by atoms with E-state index in [2.05, 4.69) is 17.9 Å². The van der Waals surface area contributed by atoms with Crippen LogP contribution in [0.1, 0.15) is 16.7 Å². The topological polar surface area (TPSA) is 9.23 Å². The number of halogens is 3. The zero-order valence-corrected chi connectivity index (χ0v) is 15.4. The molecule has 0 radical (unpaired) electrons. The summed E-state index contributed by atoms with van der Waals surface area (Å²) >= 11 is 15.6. The van der Waals surface area contributed by atoms with Gasteiger partial charge in [-0.1, -0.05) is 102 Å². The lowest BCUT2D eigenvalue weighted by Gasteiger charge is -1.96. The highest BCUT2D eigenvalue weighted by atomic mass is 35.5. The van der Waals surface area contributed by atoms with E-state index in [1.54, 1.807) is 0 Å². The van der Waals surface area contributed by atoms with Gasteiger partial charge in [-0.15, -0.1) is 0 Å². The Morgan fingerprint density at radius 3 is 1.57 bits per heavy atom. The Kier molecular flexibility index (Phi) is 13.6. The number of hydrogen-bond donors (Lipinski definition) is 0. The maximum absolute atomic E-state index is 5.61. The van der Waals surface area contributed by atoms with Crippen molar-refractivity contribution in [2.75, 3.05) is 12.1 Å². The van der Waals surface area contributed by atoms with Crippen LogP contribution < -0.4 is 0 Å². The molecule has 23 heavy (non-hydrogen) atoms. The molecule has 0 spiro atoms. The van der Waals surface area contributed by atoms with Gasteiger partial charge >= 0.3 is 0 Å². The predicted molar refractivity (Wildman–Crippen MR) is 105 cm³/mol. The highest BCUT2D eigenvalue weighted by Crippen LogP contribution is 2.10. The normalized spacial score (nSPS) is 8.87. The summed E-state index contributed by atoms with van der Waals surface area (Å²) in [6.07, 6.45) is 3.66. The quantitative estimate of drug-likeness (QED) is 0.525. The number of hydrogen-bond acceptors (Lipinski definition) is 1. The van der Waals surface area contributed by atoms with E-state index in [4.69, 9.17) is 34.8 Å². The van der Waals surface area contributed by atoms with E-state index in [-0.39, 0.29) is 12.1 Å². The molecule has 124 valence electrons. The van der Waals surface area contributed by atoms with Crippen molar-refractivity contribution in [3.8, 4) is 0 Å². The molecule has 2 aromatic rings. The van der Waals surface area contributed by atoms with Gasteiger partial charge in [0.2, 0.25) is 0 Å². The van der Waals surface area contributed by atoms with Crippen LogP contribution in [0.3, 0.4) is 0 Å². The summed E-state index contributed by atoms with van der Waals surface area (Å²) in [5.74, 6) is 0. The first-order chi connectivity index (χ1) is 11.1. The van der Waals surface area contributed by atoms with Gasteiger partial charge < -0.3 is 4.74 Å². The van der Waals surface area contributed by atoms with Crippen LogP contribution in [0.4, 0.5) is 0 Å². The third-order valence-electron chi connectivity index (χ3n) is 2.60. The Morgan fingerprint density at radius 2 is 1.30 bits per heavy atom. The molecule has 0 aliphatic rings. The van der Waals surface area contributed by atoms with Crippen molar-refractivity contribution in [3.05, 3.63) is 83.4 Å². The van der Waals surface area contributed by atoms with Gasteiger partial charge in [-0.2, -0.15) is 0 Å². The standard InChI is InChI=1S/C10H10.C7H7Cl.C2H4Cl2O/c1-3-9-7-5-6-8-10(9)4-2;1-6-2-4-7(8)5-3-6;3-1-5-2-4/h3-8H,1-2H2;2-5H,1H3;1-2H2. The van der Waals surface area contributed by atoms with Crippen LogP contribution in [0.5, 0.6) is 0 Å². The fourth-order valence-electron chi connectivity index (χ4n) is 1.45. The minimum absolute atomic E-state index is 0.184. The van der Waals surface area contributed by atoms with Crippen LogP contribution >= 0.6 is 34.8 Å². The molecule has 0 aromatic heterocycles. The Morgan fingerprint density at radius 1 is 0.870 bits per heavy atom. The molecule has 0 atom stereocenters. The zero-order valence-electron chi connectivity index (χ0n) is 13.1. The van der Waals surface area contributed by atoms with Crippen LogP contribution in [-0.2, 0) is 4.74 Å². The van der Waals surface area contributed by atoms with Crippen molar-refractivity contribution < 1.29 is 4.74 Å². The van der Waals surface area contributed by atoms with Gasteiger partial charge in [0.25, 0.3) is 0 Å². The van der Waals surface area contributed by atoms with E-state index >= 15 is 0 Å². The molecule has 1 nitrogen and oxygen atoms in total. The Bertz CT molecular complexity index is 515. The summed E-state index contributed by atoms with van der Waals surface area (Å²) in [5, 5.41) is 0.801. The van der Waals surface area contributed by atoms with E-state index in [1.807, 2.05) is 67.6 Å². The summed E-state index contributed by atoms with van der Waals surface area (Å²) in [6, 6.07) is 16.1. The van der Waals surface area contributed by atoms with Crippen molar-refractivity contribution in [1.82, 2.24) is 0 Å². The lowest BCUT2D eigenvalue weighted by Crippen LogP contribution is -1.78. The van der Waals surface area contributed by atoms with Crippen LogP contribution in [0.2, 0.25) is 5.02 Å². The summed E-state index contributed by atoms with van der Waals surface area (Å²) in [4.78, 5) is 0. The molecular formula is C19H21Cl3O. The molecule has 0 saturated carbocycles. The molecule has 0 aliphatic heterocycles. The van der Waals surface area contributed by atoms with Gasteiger partial charge in [-0.3, -0.25) is 0 Å². The first kappa shape index (κ1) is 21.8. The number of aryl methyl sites for hydroxylation is 1. The maximum Gasteiger partial charge on any atom is 0.122 e. The molecule has 0 bridgehead atoms. The lowest BCUT2D eigenvalue weighted by atomic mass is 10.1. The second-order valence-corrected chi connectivity index (χ2v) is 5.13. The molecule has 0 amide bonds. The van der Waals surface area contributed by atoms with Crippen molar-refractivity contribution in [2.24, 2.45) is 0 Å². The average molecular weight is 372 g/mol. The second-order valence-electron chi connectivity index (χ2n) is 4.26. The summed E-state index contributed by atoms with van der Waals surface area (Å²) < 4.78 is 4.36. The number of rotatable bonds is 4. The first-order valence-corrected chi connectivity index (χ1v) is 8.29. The van der Waals surface area contributed by atoms with Gasteiger partial charge in [0.1, 0.15) is 12.1 Å². The van der Waals surface area contributed by atoms with E-state index < -0.39 is 0 Å². The number of ether oxygens (including phenoxy) is 1. The Balaban J connectivity index is 0.000000335. The summed E-state index contributed by atoms with van der Waals surface area (Å²) in [5.41, 5.74) is 3.52. The third-order valence-corrected chi connectivity index (χ3v) is 3.16. The van der Waals surface area contributed by atoms with Gasteiger partial charge in [0, 0.05) is 5.02 Å². The minimum Gasteiger partial charge on any atom is -0.350 e. The van der Waals surface area contributed by atoms with Crippen molar-refractivity contribution >= 4 is 47.0 Å². The molecule has 0 aliphatic carbocycles. The Labute approximate surface area is 154 Å². The fourth-order valence-corrected chi connectivity index (χ4v) is 1.80. The fraction of sp³-hybridized carbons (Fsp3) is 0.158. The van der Waals surface area contributed by atoms with E-state index in [9.17, 15) is 0 Å². The summed E-state index contributed by atoms with van der Waals surface area (Å²) in [7, 11) is 0. The third kappa shape index (κ3) is 11.0. The molecule has 0 N–H and O–H groups in total. The van der Waals surface area contributed by atoms with Crippen LogP contribution in [-0.4, -0.2) is 12.1 Å². The Hall–Kier alpha value is -1.25. The van der Waals surface area contributed by atoms with Crippen molar-refractivity contribution in [1.29, 1.82) is 0 Å². The van der Waals surface area contributed by atoms with Crippen molar-refractivity contribution in [2.45, 2.75) is 6.92 Å². The largest absolute Gasteiger partial charge is 0.350 e.